The fraction of sp³-hybridized carbons (Fsp3) is 0.172. The van der Waals surface area contributed by atoms with Gasteiger partial charge in [0.25, 0.3) is 0 Å². The standard InChI is InChI=1S/C29H28N2O4S2/c1-20(22-9-5-3-6-10-22)30-36(32,33)26-13-15-28-24(18-26)17-25-19-27(14-16-29(25)28)37(34,35)31-21(2)23-11-7-4-8-12-23/h3-16,18-21,30-31H,17H2,1-2H3. The average molecular weight is 533 g/mol. The number of benzene rings is 4. The molecule has 8 heteroatoms. The van der Waals surface area contributed by atoms with Crippen LogP contribution in [0.3, 0.4) is 0 Å². The molecule has 1 aliphatic carbocycles. The Labute approximate surface area is 218 Å². The van der Waals surface area contributed by atoms with Crippen molar-refractivity contribution in [3.63, 3.8) is 0 Å². The smallest absolute Gasteiger partial charge is 0.207 e. The Morgan fingerprint density at radius 2 is 0.946 bits per heavy atom. The maximum Gasteiger partial charge on any atom is 0.241 e. The molecule has 0 saturated heterocycles. The summed E-state index contributed by atoms with van der Waals surface area (Å²) in [5, 5.41) is 0. The molecule has 0 aliphatic heterocycles. The normalized spacial score (nSPS) is 14.5. The van der Waals surface area contributed by atoms with E-state index in [2.05, 4.69) is 9.44 Å². The summed E-state index contributed by atoms with van der Waals surface area (Å²) in [6, 6.07) is 28.2. The molecule has 0 radical (unpaired) electrons. The van der Waals surface area contributed by atoms with E-state index >= 15 is 0 Å². The van der Waals surface area contributed by atoms with Gasteiger partial charge in [-0.2, -0.15) is 0 Å². The highest BCUT2D eigenvalue weighted by Gasteiger charge is 2.26. The Hall–Kier alpha value is -3.30. The van der Waals surface area contributed by atoms with Crippen molar-refractivity contribution in [3.8, 4) is 11.1 Å². The highest BCUT2D eigenvalue weighted by atomic mass is 32.2. The van der Waals surface area contributed by atoms with E-state index in [-0.39, 0.29) is 21.9 Å². The van der Waals surface area contributed by atoms with Gasteiger partial charge in [-0.1, -0.05) is 72.8 Å². The van der Waals surface area contributed by atoms with Gasteiger partial charge in [-0.25, -0.2) is 26.3 Å². The predicted molar refractivity (Wildman–Crippen MR) is 145 cm³/mol. The summed E-state index contributed by atoms with van der Waals surface area (Å²) in [5.74, 6) is 0. The summed E-state index contributed by atoms with van der Waals surface area (Å²) in [4.78, 5) is 0.376. The zero-order valence-electron chi connectivity index (χ0n) is 20.5. The number of hydrogen-bond acceptors (Lipinski definition) is 4. The molecule has 0 bridgehead atoms. The number of rotatable bonds is 8. The summed E-state index contributed by atoms with van der Waals surface area (Å²) in [7, 11) is -7.49. The van der Waals surface area contributed by atoms with Gasteiger partial charge in [-0.15, -0.1) is 0 Å². The van der Waals surface area contributed by atoms with Crippen LogP contribution in [-0.2, 0) is 26.5 Å². The van der Waals surface area contributed by atoms with Crippen LogP contribution in [-0.4, -0.2) is 16.8 Å². The van der Waals surface area contributed by atoms with Crippen molar-refractivity contribution in [1.29, 1.82) is 0 Å². The van der Waals surface area contributed by atoms with Crippen LogP contribution in [0.5, 0.6) is 0 Å². The van der Waals surface area contributed by atoms with E-state index in [1.165, 1.54) is 0 Å². The molecule has 2 unspecified atom stereocenters. The van der Waals surface area contributed by atoms with Crippen LogP contribution in [0, 0.1) is 0 Å². The zero-order chi connectivity index (χ0) is 26.2. The first kappa shape index (κ1) is 25.4. The average Bonchev–Trinajstić information content (AvgIpc) is 3.26. The van der Waals surface area contributed by atoms with Crippen LogP contribution >= 0.6 is 0 Å². The van der Waals surface area contributed by atoms with E-state index in [4.69, 9.17) is 0 Å². The third-order valence-electron chi connectivity index (χ3n) is 6.71. The molecule has 0 spiro atoms. The van der Waals surface area contributed by atoms with E-state index in [1.54, 1.807) is 36.4 Å². The Kier molecular flexibility index (Phi) is 6.76. The van der Waals surface area contributed by atoms with Crippen LogP contribution in [0.4, 0.5) is 0 Å². The Bertz CT molecular complexity index is 1530. The van der Waals surface area contributed by atoms with E-state index in [1.807, 2.05) is 74.5 Å². The quantitative estimate of drug-likeness (QED) is 0.282. The van der Waals surface area contributed by atoms with Crippen LogP contribution < -0.4 is 9.44 Å². The molecule has 0 aromatic heterocycles. The Balaban J connectivity index is 1.36. The molecule has 0 fully saturated rings. The lowest BCUT2D eigenvalue weighted by Crippen LogP contribution is -2.27. The molecule has 5 rings (SSSR count). The molecule has 6 nitrogen and oxygen atoms in total. The van der Waals surface area contributed by atoms with Crippen molar-refractivity contribution < 1.29 is 16.8 Å². The number of sulfonamides is 2. The van der Waals surface area contributed by atoms with Crippen LogP contribution in [0.15, 0.2) is 107 Å². The topological polar surface area (TPSA) is 92.3 Å². The minimum atomic E-state index is -3.74. The molecule has 4 aromatic rings. The number of fused-ring (bicyclic) bond motifs is 3. The summed E-state index contributed by atoms with van der Waals surface area (Å²) < 4.78 is 57.9. The van der Waals surface area contributed by atoms with Crippen molar-refractivity contribution in [2.75, 3.05) is 0 Å². The molecular formula is C29H28N2O4S2. The first-order valence-corrected chi connectivity index (χ1v) is 15.0. The second-order valence-electron chi connectivity index (χ2n) is 9.32. The maximum atomic E-state index is 13.1. The maximum absolute atomic E-state index is 13.1. The molecule has 0 amide bonds. The fourth-order valence-corrected chi connectivity index (χ4v) is 7.28. The second-order valence-corrected chi connectivity index (χ2v) is 12.7. The molecule has 1 aliphatic rings. The van der Waals surface area contributed by atoms with Crippen molar-refractivity contribution >= 4 is 20.0 Å². The van der Waals surface area contributed by atoms with Crippen LogP contribution in [0.2, 0.25) is 0 Å². The van der Waals surface area contributed by atoms with Crippen LogP contribution in [0.25, 0.3) is 11.1 Å². The van der Waals surface area contributed by atoms with Gasteiger partial charge in [-0.3, -0.25) is 0 Å². The third-order valence-corrected chi connectivity index (χ3v) is 9.78. The second kappa shape index (κ2) is 9.87. The molecule has 4 aromatic carbocycles. The molecular weight excluding hydrogens is 504 g/mol. The molecule has 0 heterocycles. The largest absolute Gasteiger partial charge is 0.241 e. The number of hydrogen-bond donors (Lipinski definition) is 2. The molecule has 190 valence electrons. The van der Waals surface area contributed by atoms with Crippen molar-refractivity contribution in [1.82, 2.24) is 9.44 Å². The lowest BCUT2D eigenvalue weighted by molar-refractivity contribution is 0.565. The molecule has 2 atom stereocenters. The number of nitrogens with one attached hydrogen (secondary N) is 2. The van der Waals surface area contributed by atoms with Gasteiger partial charge in [0.1, 0.15) is 0 Å². The summed E-state index contributed by atoms with van der Waals surface area (Å²) in [6.07, 6.45) is 0.458. The first-order valence-electron chi connectivity index (χ1n) is 12.0. The minimum Gasteiger partial charge on any atom is -0.207 e. The zero-order valence-corrected chi connectivity index (χ0v) is 22.2. The van der Waals surface area contributed by atoms with Crippen molar-refractivity contribution in [3.05, 3.63) is 119 Å². The highest BCUT2D eigenvalue weighted by Crippen LogP contribution is 2.39. The van der Waals surface area contributed by atoms with Gasteiger partial charge in [0, 0.05) is 12.1 Å². The van der Waals surface area contributed by atoms with Gasteiger partial charge in [0.15, 0.2) is 0 Å². The first-order chi connectivity index (χ1) is 17.6. The summed E-state index contributed by atoms with van der Waals surface area (Å²) >= 11 is 0. The highest BCUT2D eigenvalue weighted by molar-refractivity contribution is 7.89. The van der Waals surface area contributed by atoms with Gasteiger partial charge < -0.3 is 0 Å². The minimum absolute atomic E-state index is 0.188. The third kappa shape index (κ3) is 5.24. The summed E-state index contributed by atoms with van der Waals surface area (Å²) in [6.45, 7) is 3.62. The Morgan fingerprint density at radius 1 is 0.568 bits per heavy atom. The van der Waals surface area contributed by atoms with E-state index in [9.17, 15) is 16.8 Å². The monoisotopic (exact) mass is 532 g/mol. The van der Waals surface area contributed by atoms with E-state index in [0.717, 1.165) is 33.4 Å². The van der Waals surface area contributed by atoms with Crippen LogP contribution in [0.1, 0.15) is 48.2 Å². The van der Waals surface area contributed by atoms with Gasteiger partial charge in [-0.05, 0) is 77.9 Å². The van der Waals surface area contributed by atoms with Crippen molar-refractivity contribution in [2.24, 2.45) is 0 Å². The SMILES string of the molecule is CC(NS(=O)(=O)c1ccc2c(c1)Cc1cc(S(=O)(=O)NC(C)c3ccccc3)ccc1-2)c1ccccc1. The molecule has 2 N–H and O–H groups in total. The molecule has 0 saturated carbocycles. The summed E-state index contributed by atoms with van der Waals surface area (Å²) in [5.41, 5.74) is 5.29. The fourth-order valence-electron chi connectivity index (χ4n) is 4.72. The molecule has 37 heavy (non-hydrogen) atoms. The van der Waals surface area contributed by atoms with E-state index in [0.29, 0.717) is 6.42 Å². The lowest BCUT2D eigenvalue weighted by atomic mass is 10.1. The van der Waals surface area contributed by atoms with Gasteiger partial charge in [0.05, 0.1) is 9.79 Å². The van der Waals surface area contributed by atoms with E-state index < -0.39 is 20.0 Å². The van der Waals surface area contributed by atoms with Gasteiger partial charge in [0.2, 0.25) is 20.0 Å². The lowest BCUT2D eigenvalue weighted by Gasteiger charge is -2.15. The van der Waals surface area contributed by atoms with Crippen molar-refractivity contribution in [2.45, 2.75) is 42.1 Å². The Morgan fingerprint density at radius 3 is 1.32 bits per heavy atom. The van der Waals surface area contributed by atoms with Gasteiger partial charge >= 0.3 is 0 Å². The predicted octanol–water partition coefficient (Wildman–Crippen LogP) is 5.34.